The SMILES string of the molecule is O=C([O-])CCC(=O)[O-].[Ag+].[Zn+2]. The molecule has 0 bridgehead atoms. The van der Waals surface area contributed by atoms with Gasteiger partial charge in [0.15, 0.2) is 0 Å². The van der Waals surface area contributed by atoms with E-state index in [4.69, 9.17) is 0 Å². The van der Waals surface area contributed by atoms with E-state index < -0.39 is 24.8 Å². The monoisotopic (exact) mass is 287 g/mol. The second-order valence-electron chi connectivity index (χ2n) is 1.24. The van der Waals surface area contributed by atoms with Crippen molar-refractivity contribution in [2.45, 2.75) is 12.8 Å². The Morgan fingerprint density at radius 2 is 1.20 bits per heavy atom. The van der Waals surface area contributed by atoms with Gasteiger partial charge in [-0.1, -0.05) is 0 Å². The van der Waals surface area contributed by atoms with Gasteiger partial charge in [-0.3, -0.25) is 0 Å². The van der Waals surface area contributed by atoms with Crippen LogP contribution in [-0.4, -0.2) is 11.9 Å². The van der Waals surface area contributed by atoms with Crippen molar-refractivity contribution in [2.24, 2.45) is 0 Å². The first-order valence-corrected chi connectivity index (χ1v) is 2.02. The fourth-order valence-corrected chi connectivity index (χ4v) is 0.204. The summed E-state index contributed by atoms with van der Waals surface area (Å²) >= 11 is 0. The standard InChI is InChI=1S/C4H6O4.Ag.Zn/c5-3(6)1-2-4(7)8;;/h1-2H2,(H,5,6)(H,7,8);;/q;+1;+2/p-2. The maximum atomic E-state index is 9.50. The number of carbonyl (C=O) groups excluding carboxylic acids is 2. The fourth-order valence-electron chi connectivity index (χ4n) is 0.204. The van der Waals surface area contributed by atoms with Crippen LogP contribution in [0, 0.1) is 0 Å². The van der Waals surface area contributed by atoms with Gasteiger partial charge in [0.25, 0.3) is 0 Å². The van der Waals surface area contributed by atoms with Crippen LogP contribution in [0.3, 0.4) is 0 Å². The normalized spacial score (nSPS) is 6.80. The second kappa shape index (κ2) is 9.30. The van der Waals surface area contributed by atoms with E-state index in [2.05, 4.69) is 0 Å². The van der Waals surface area contributed by atoms with Gasteiger partial charge in [0.2, 0.25) is 0 Å². The van der Waals surface area contributed by atoms with Crippen LogP contribution in [0.2, 0.25) is 0 Å². The Morgan fingerprint density at radius 1 is 1.00 bits per heavy atom. The molecule has 0 radical (unpaired) electrons. The molecule has 0 rings (SSSR count). The van der Waals surface area contributed by atoms with E-state index in [9.17, 15) is 19.8 Å². The predicted molar refractivity (Wildman–Crippen MR) is 19.2 cm³/mol. The Labute approximate surface area is 86.3 Å². The number of hydrogen-bond donors (Lipinski definition) is 0. The molecule has 0 spiro atoms. The summed E-state index contributed by atoms with van der Waals surface area (Å²) in [4.78, 5) is 19.0. The average Bonchev–Trinajstić information content (AvgIpc) is 1.61. The van der Waals surface area contributed by atoms with Crippen LogP contribution in [0.4, 0.5) is 0 Å². The Kier molecular flexibility index (Phi) is 15.6. The summed E-state index contributed by atoms with van der Waals surface area (Å²) in [5, 5.41) is 19.0. The van der Waals surface area contributed by atoms with E-state index in [0.717, 1.165) is 0 Å². The van der Waals surface area contributed by atoms with Crippen LogP contribution in [0.5, 0.6) is 0 Å². The Hall–Kier alpha value is 0.304. The maximum absolute atomic E-state index is 9.50. The minimum absolute atomic E-state index is 0. The summed E-state index contributed by atoms with van der Waals surface area (Å²) in [5.41, 5.74) is 0. The zero-order valence-electron chi connectivity index (χ0n) is 5.06. The smallest absolute Gasteiger partial charge is 0.550 e. The summed E-state index contributed by atoms with van der Waals surface area (Å²) in [6, 6.07) is 0. The first-order valence-electron chi connectivity index (χ1n) is 2.02. The molecule has 0 saturated carbocycles. The van der Waals surface area contributed by atoms with E-state index in [1.807, 2.05) is 0 Å². The van der Waals surface area contributed by atoms with Crippen molar-refractivity contribution in [1.29, 1.82) is 0 Å². The van der Waals surface area contributed by atoms with Crippen LogP contribution < -0.4 is 10.2 Å². The Balaban J connectivity index is -0.000000245. The van der Waals surface area contributed by atoms with Gasteiger partial charge >= 0.3 is 41.9 Å². The van der Waals surface area contributed by atoms with Gasteiger partial charge in [0.05, 0.1) is 0 Å². The van der Waals surface area contributed by atoms with Gasteiger partial charge < -0.3 is 19.8 Å². The second-order valence-corrected chi connectivity index (χ2v) is 1.24. The molecule has 6 heteroatoms. The minimum Gasteiger partial charge on any atom is -0.550 e. The van der Waals surface area contributed by atoms with Gasteiger partial charge in [0.1, 0.15) is 0 Å². The molecule has 0 aromatic carbocycles. The molecule has 10 heavy (non-hydrogen) atoms. The summed E-state index contributed by atoms with van der Waals surface area (Å²) < 4.78 is 0. The molecule has 0 atom stereocenters. The number of hydrogen-bond acceptors (Lipinski definition) is 4. The third kappa shape index (κ3) is 15.7. The van der Waals surface area contributed by atoms with Crippen molar-refractivity contribution in [1.82, 2.24) is 0 Å². The first-order chi connectivity index (χ1) is 3.63. The van der Waals surface area contributed by atoms with Crippen molar-refractivity contribution in [3.8, 4) is 0 Å². The van der Waals surface area contributed by atoms with E-state index in [-0.39, 0.29) is 41.9 Å². The van der Waals surface area contributed by atoms with E-state index >= 15 is 0 Å². The quantitative estimate of drug-likeness (QED) is 0.528. The molecule has 0 fully saturated rings. The summed E-state index contributed by atoms with van der Waals surface area (Å²) in [7, 11) is 0. The average molecular weight is 289 g/mol. The molecule has 56 valence electrons. The minimum atomic E-state index is -1.37. The van der Waals surface area contributed by atoms with Crippen LogP contribution in [0.25, 0.3) is 0 Å². The topological polar surface area (TPSA) is 80.3 Å². The fraction of sp³-hybridized carbons (Fsp3) is 0.500. The van der Waals surface area contributed by atoms with Crippen molar-refractivity contribution in [3.05, 3.63) is 0 Å². The van der Waals surface area contributed by atoms with Gasteiger partial charge in [-0.2, -0.15) is 0 Å². The Bertz CT molecular complexity index is 102. The number of carboxylic acid groups (broad SMARTS) is 2. The molecular formula is C4H4AgO4Zn+. The molecule has 0 aromatic rings. The summed E-state index contributed by atoms with van der Waals surface area (Å²) in [5.74, 6) is -2.73. The van der Waals surface area contributed by atoms with E-state index in [1.54, 1.807) is 0 Å². The first kappa shape index (κ1) is 16.7. The summed E-state index contributed by atoms with van der Waals surface area (Å²) in [6.45, 7) is 0. The molecule has 0 heterocycles. The molecule has 0 aliphatic heterocycles. The number of aliphatic carboxylic acids is 2. The van der Waals surface area contributed by atoms with Gasteiger partial charge in [0, 0.05) is 11.9 Å². The van der Waals surface area contributed by atoms with Gasteiger partial charge in [-0.15, -0.1) is 0 Å². The number of carboxylic acids is 2. The molecule has 0 aliphatic rings. The van der Waals surface area contributed by atoms with E-state index in [0.29, 0.717) is 0 Å². The largest absolute Gasteiger partial charge is 2.00 e. The van der Waals surface area contributed by atoms with Crippen molar-refractivity contribution in [2.75, 3.05) is 0 Å². The Morgan fingerprint density at radius 3 is 1.30 bits per heavy atom. The van der Waals surface area contributed by atoms with Crippen LogP contribution in [0.1, 0.15) is 12.8 Å². The molecule has 0 amide bonds. The van der Waals surface area contributed by atoms with Crippen molar-refractivity contribution < 1.29 is 61.7 Å². The van der Waals surface area contributed by atoms with Crippen molar-refractivity contribution in [3.63, 3.8) is 0 Å². The van der Waals surface area contributed by atoms with E-state index in [1.165, 1.54) is 0 Å². The summed E-state index contributed by atoms with van der Waals surface area (Å²) in [6.07, 6.45) is -0.940. The molecular weight excluding hydrogens is 285 g/mol. The number of rotatable bonds is 3. The maximum Gasteiger partial charge on any atom is 2.00 e. The molecule has 0 N–H and O–H groups in total. The third-order valence-electron chi connectivity index (χ3n) is 0.533. The van der Waals surface area contributed by atoms with Crippen LogP contribution in [-0.2, 0) is 51.4 Å². The molecule has 0 saturated heterocycles. The predicted octanol–water partition coefficient (Wildman–Crippen LogP) is -2.74. The zero-order chi connectivity index (χ0) is 6.57. The molecule has 4 nitrogen and oxygen atoms in total. The third-order valence-corrected chi connectivity index (χ3v) is 0.533. The van der Waals surface area contributed by atoms with Gasteiger partial charge in [-0.05, 0) is 12.8 Å². The molecule has 0 aromatic heterocycles. The van der Waals surface area contributed by atoms with Crippen LogP contribution in [0.15, 0.2) is 0 Å². The molecule has 0 aliphatic carbocycles. The zero-order valence-corrected chi connectivity index (χ0v) is 9.51. The van der Waals surface area contributed by atoms with Crippen molar-refractivity contribution >= 4 is 11.9 Å². The van der Waals surface area contributed by atoms with Gasteiger partial charge in [-0.25, -0.2) is 0 Å². The molecule has 0 unspecified atom stereocenters. The number of carbonyl (C=O) groups is 2. The van der Waals surface area contributed by atoms with Crippen LogP contribution >= 0.6 is 0 Å².